The van der Waals surface area contributed by atoms with Crippen molar-refractivity contribution in [2.24, 2.45) is 0 Å². The molecule has 1 fully saturated rings. The number of rotatable bonds is 7. The molecule has 1 saturated heterocycles. The zero-order chi connectivity index (χ0) is 14.4. The van der Waals surface area contributed by atoms with Crippen LogP contribution in [0.4, 0.5) is 4.39 Å². The lowest BCUT2D eigenvalue weighted by Gasteiger charge is -2.23. The van der Waals surface area contributed by atoms with Gasteiger partial charge in [-0.2, -0.15) is 0 Å². The third-order valence-electron chi connectivity index (χ3n) is 4.21. The van der Waals surface area contributed by atoms with Gasteiger partial charge in [0.15, 0.2) is 0 Å². The molecule has 0 spiro atoms. The number of nitrogens with one attached hydrogen (secondary N) is 1. The molecule has 2 rings (SSSR count). The summed E-state index contributed by atoms with van der Waals surface area (Å²) < 4.78 is 14.0. The van der Waals surface area contributed by atoms with E-state index in [-0.39, 0.29) is 5.82 Å². The standard InChI is InChI=1S/C17H27FN2/c1-3-9-19-12-14-7-8-17(18)15(11-14)13-20-10-5-6-16(20)4-2/h7-8,11,16,19H,3-6,9-10,12-13H2,1-2H3. The van der Waals surface area contributed by atoms with Crippen LogP contribution in [0.25, 0.3) is 0 Å². The minimum atomic E-state index is -0.0639. The Balaban J connectivity index is 2.00. The predicted octanol–water partition coefficient (Wildman–Crippen LogP) is 3.70. The maximum atomic E-state index is 14.0. The van der Waals surface area contributed by atoms with Crippen LogP contribution in [0.2, 0.25) is 0 Å². The van der Waals surface area contributed by atoms with Crippen molar-refractivity contribution in [3.05, 3.63) is 35.1 Å². The average molecular weight is 278 g/mol. The third kappa shape index (κ3) is 4.03. The fourth-order valence-corrected chi connectivity index (χ4v) is 3.05. The van der Waals surface area contributed by atoms with Crippen LogP contribution in [0.3, 0.4) is 0 Å². The van der Waals surface area contributed by atoms with Gasteiger partial charge in [0.25, 0.3) is 0 Å². The Kier molecular flexibility index (Phi) is 5.99. The van der Waals surface area contributed by atoms with E-state index in [0.29, 0.717) is 6.04 Å². The minimum Gasteiger partial charge on any atom is -0.313 e. The molecule has 1 aromatic rings. The van der Waals surface area contributed by atoms with E-state index in [1.165, 1.54) is 24.8 Å². The second-order valence-electron chi connectivity index (χ2n) is 5.78. The van der Waals surface area contributed by atoms with Crippen LogP contribution in [0.1, 0.15) is 50.7 Å². The maximum Gasteiger partial charge on any atom is 0.127 e. The van der Waals surface area contributed by atoms with E-state index in [4.69, 9.17) is 0 Å². The van der Waals surface area contributed by atoms with Crippen molar-refractivity contribution in [3.8, 4) is 0 Å². The van der Waals surface area contributed by atoms with Crippen molar-refractivity contribution in [3.63, 3.8) is 0 Å². The lowest BCUT2D eigenvalue weighted by molar-refractivity contribution is 0.237. The van der Waals surface area contributed by atoms with Crippen LogP contribution in [0, 0.1) is 5.82 Å². The molecule has 1 aromatic carbocycles. The van der Waals surface area contributed by atoms with E-state index >= 15 is 0 Å². The van der Waals surface area contributed by atoms with Gasteiger partial charge in [-0.25, -0.2) is 4.39 Å². The first-order valence-electron chi connectivity index (χ1n) is 7.96. The Morgan fingerprint density at radius 2 is 2.20 bits per heavy atom. The monoisotopic (exact) mass is 278 g/mol. The Hall–Kier alpha value is -0.930. The fraction of sp³-hybridized carbons (Fsp3) is 0.647. The van der Waals surface area contributed by atoms with Gasteiger partial charge >= 0.3 is 0 Å². The molecule has 0 aliphatic carbocycles. The molecule has 0 bridgehead atoms. The van der Waals surface area contributed by atoms with Crippen LogP contribution in [0.5, 0.6) is 0 Å². The smallest absolute Gasteiger partial charge is 0.127 e. The third-order valence-corrected chi connectivity index (χ3v) is 4.21. The summed E-state index contributed by atoms with van der Waals surface area (Å²) in [6, 6.07) is 6.18. The van der Waals surface area contributed by atoms with Gasteiger partial charge < -0.3 is 5.32 Å². The molecule has 0 aromatic heterocycles. The first kappa shape index (κ1) is 15.5. The summed E-state index contributed by atoms with van der Waals surface area (Å²) in [5.74, 6) is -0.0639. The van der Waals surface area contributed by atoms with Crippen molar-refractivity contribution < 1.29 is 4.39 Å². The minimum absolute atomic E-state index is 0.0639. The molecule has 20 heavy (non-hydrogen) atoms. The summed E-state index contributed by atoms with van der Waals surface area (Å²) in [7, 11) is 0. The number of benzene rings is 1. The van der Waals surface area contributed by atoms with Gasteiger partial charge in [-0.3, -0.25) is 4.90 Å². The zero-order valence-electron chi connectivity index (χ0n) is 12.8. The molecule has 112 valence electrons. The first-order chi connectivity index (χ1) is 9.74. The Morgan fingerprint density at radius 1 is 1.35 bits per heavy atom. The average Bonchev–Trinajstić information content (AvgIpc) is 2.90. The number of hydrogen-bond donors (Lipinski definition) is 1. The lowest BCUT2D eigenvalue weighted by atomic mass is 10.1. The van der Waals surface area contributed by atoms with E-state index in [1.54, 1.807) is 6.07 Å². The summed E-state index contributed by atoms with van der Waals surface area (Å²) in [5.41, 5.74) is 2.03. The van der Waals surface area contributed by atoms with Crippen molar-refractivity contribution in [1.29, 1.82) is 0 Å². The molecule has 0 saturated carbocycles. The second-order valence-corrected chi connectivity index (χ2v) is 5.78. The highest BCUT2D eigenvalue weighted by atomic mass is 19.1. The van der Waals surface area contributed by atoms with Gasteiger partial charge in [-0.1, -0.05) is 26.0 Å². The topological polar surface area (TPSA) is 15.3 Å². The molecule has 0 radical (unpaired) electrons. The maximum absolute atomic E-state index is 14.0. The summed E-state index contributed by atoms with van der Waals surface area (Å²) in [6.07, 6.45) is 4.80. The van der Waals surface area contributed by atoms with Gasteiger partial charge in [-0.15, -0.1) is 0 Å². The van der Waals surface area contributed by atoms with Crippen molar-refractivity contribution in [2.45, 2.75) is 58.7 Å². The highest BCUT2D eigenvalue weighted by molar-refractivity contribution is 5.25. The van der Waals surface area contributed by atoms with Crippen molar-refractivity contribution in [2.75, 3.05) is 13.1 Å². The summed E-state index contributed by atoms with van der Waals surface area (Å²) in [4.78, 5) is 2.43. The van der Waals surface area contributed by atoms with Crippen LogP contribution >= 0.6 is 0 Å². The van der Waals surface area contributed by atoms with Gasteiger partial charge in [0.1, 0.15) is 5.82 Å². The molecule has 3 heteroatoms. The number of halogens is 1. The van der Waals surface area contributed by atoms with Crippen LogP contribution < -0.4 is 5.32 Å². The van der Waals surface area contributed by atoms with E-state index in [1.807, 2.05) is 12.1 Å². The Bertz CT molecular complexity index is 419. The summed E-state index contributed by atoms with van der Waals surface area (Å²) in [6.45, 7) is 8.09. The first-order valence-corrected chi connectivity index (χ1v) is 7.96. The van der Waals surface area contributed by atoms with Crippen LogP contribution in [0.15, 0.2) is 18.2 Å². The number of likely N-dealkylation sites (tertiary alicyclic amines) is 1. The molecule has 1 heterocycles. The highest BCUT2D eigenvalue weighted by Gasteiger charge is 2.23. The van der Waals surface area contributed by atoms with E-state index in [9.17, 15) is 4.39 Å². The molecular weight excluding hydrogens is 251 g/mol. The fourth-order valence-electron chi connectivity index (χ4n) is 3.05. The van der Waals surface area contributed by atoms with Crippen molar-refractivity contribution in [1.82, 2.24) is 10.2 Å². The SMILES string of the molecule is CCCNCc1ccc(F)c(CN2CCCC2CC)c1. The molecular formula is C17H27FN2. The molecule has 2 nitrogen and oxygen atoms in total. The lowest BCUT2D eigenvalue weighted by Crippen LogP contribution is -2.28. The van der Waals surface area contributed by atoms with E-state index < -0.39 is 0 Å². The molecule has 1 aliphatic heterocycles. The summed E-state index contributed by atoms with van der Waals surface area (Å²) in [5, 5.41) is 3.38. The summed E-state index contributed by atoms with van der Waals surface area (Å²) >= 11 is 0. The highest BCUT2D eigenvalue weighted by Crippen LogP contribution is 2.23. The van der Waals surface area contributed by atoms with Crippen LogP contribution in [-0.2, 0) is 13.1 Å². The normalized spacial score (nSPS) is 19.6. The van der Waals surface area contributed by atoms with E-state index in [2.05, 4.69) is 24.1 Å². The molecule has 1 aliphatic rings. The molecule has 1 unspecified atom stereocenters. The van der Waals surface area contributed by atoms with Gasteiger partial charge in [0.05, 0.1) is 0 Å². The predicted molar refractivity (Wildman–Crippen MR) is 82.1 cm³/mol. The molecule has 1 N–H and O–H groups in total. The second kappa shape index (κ2) is 7.75. The largest absolute Gasteiger partial charge is 0.313 e. The van der Waals surface area contributed by atoms with Crippen LogP contribution in [-0.4, -0.2) is 24.0 Å². The van der Waals surface area contributed by atoms with Gasteiger partial charge in [0, 0.05) is 24.7 Å². The Labute approximate surface area is 122 Å². The Morgan fingerprint density at radius 3 is 2.95 bits per heavy atom. The number of hydrogen-bond acceptors (Lipinski definition) is 2. The van der Waals surface area contributed by atoms with Gasteiger partial charge in [0.2, 0.25) is 0 Å². The quantitative estimate of drug-likeness (QED) is 0.765. The molecule has 1 atom stereocenters. The van der Waals surface area contributed by atoms with E-state index in [0.717, 1.165) is 38.2 Å². The molecule has 0 amide bonds. The van der Waals surface area contributed by atoms with Gasteiger partial charge in [-0.05, 0) is 50.4 Å². The van der Waals surface area contributed by atoms with Crippen molar-refractivity contribution >= 4 is 0 Å². The zero-order valence-corrected chi connectivity index (χ0v) is 12.8. The number of nitrogens with zero attached hydrogens (tertiary/aromatic N) is 1.